The molecule has 2 aromatic rings. The minimum absolute atomic E-state index is 0. The summed E-state index contributed by atoms with van der Waals surface area (Å²) < 4.78 is 38.2. The number of halogens is 4. The molecule has 1 heterocycles. The van der Waals surface area contributed by atoms with Gasteiger partial charge in [-0.15, -0.1) is 23.7 Å². The quantitative estimate of drug-likeness (QED) is 0.728. The van der Waals surface area contributed by atoms with E-state index in [1.165, 1.54) is 30.2 Å². The molecule has 0 saturated heterocycles. The molecule has 1 saturated carbocycles. The zero-order chi connectivity index (χ0) is 17.9. The number of alkyl halides is 3. The maximum Gasteiger partial charge on any atom is 0.416 e. The van der Waals surface area contributed by atoms with E-state index >= 15 is 0 Å². The highest BCUT2D eigenvalue weighted by Crippen LogP contribution is 2.30. The van der Waals surface area contributed by atoms with Crippen LogP contribution in [-0.2, 0) is 17.4 Å². The monoisotopic (exact) mass is 405 g/mol. The van der Waals surface area contributed by atoms with Crippen molar-refractivity contribution in [1.82, 2.24) is 10.3 Å². The highest BCUT2D eigenvalue weighted by atomic mass is 35.5. The molecule has 1 amide bonds. The molecule has 142 valence electrons. The third-order valence-electron chi connectivity index (χ3n) is 3.85. The van der Waals surface area contributed by atoms with Crippen LogP contribution >= 0.6 is 23.7 Å². The summed E-state index contributed by atoms with van der Waals surface area (Å²) in [7, 11) is 0. The van der Waals surface area contributed by atoms with Crippen LogP contribution in [-0.4, -0.2) is 24.0 Å². The van der Waals surface area contributed by atoms with Crippen molar-refractivity contribution in [2.75, 3.05) is 18.4 Å². The van der Waals surface area contributed by atoms with Gasteiger partial charge in [-0.3, -0.25) is 4.79 Å². The van der Waals surface area contributed by atoms with E-state index in [1.807, 2.05) is 0 Å². The van der Waals surface area contributed by atoms with E-state index in [1.54, 1.807) is 12.3 Å². The number of thiazole rings is 1. The van der Waals surface area contributed by atoms with Crippen molar-refractivity contribution in [3.8, 4) is 0 Å². The zero-order valence-corrected chi connectivity index (χ0v) is 15.4. The Kier molecular flexibility index (Phi) is 7.02. The third-order valence-corrected chi connectivity index (χ3v) is 4.76. The lowest BCUT2D eigenvalue weighted by Crippen LogP contribution is -2.29. The van der Waals surface area contributed by atoms with Gasteiger partial charge in [-0.05, 0) is 36.9 Å². The van der Waals surface area contributed by atoms with Gasteiger partial charge in [0.1, 0.15) is 0 Å². The number of hydrogen-bond donors (Lipinski definition) is 2. The molecule has 0 radical (unpaired) electrons. The normalized spacial score (nSPS) is 14.0. The Morgan fingerprint density at radius 3 is 2.77 bits per heavy atom. The van der Waals surface area contributed by atoms with Crippen molar-refractivity contribution < 1.29 is 18.0 Å². The van der Waals surface area contributed by atoms with Crippen LogP contribution < -0.4 is 10.6 Å². The first-order valence-corrected chi connectivity index (χ1v) is 8.83. The minimum atomic E-state index is -4.35. The number of carbonyl (C=O) groups is 1. The van der Waals surface area contributed by atoms with E-state index in [4.69, 9.17) is 0 Å². The minimum Gasteiger partial charge on any atom is -0.308 e. The second-order valence-electron chi connectivity index (χ2n) is 6.13. The Labute approximate surface area is 159 Å². The molecule has 1 aromatic heterocycles. The fourth-order valence-electron chi connectivity index (χ4n) is 2.38. The second kappa shape index (κ2) is 8.83. The Morgan fingerprint density at radius 1 is 1.31 bits per heavy atom. The summed E-state index contributed by atoms with van der Waals surface area (Å²) in [5.74, 6) is 0.535. The highest BCUT2D eigenvalue weighted by molar-refractivity contribution is 7.15. The lowest BCUT2D eigenvalue weighted by molar-refractivity contribution is -0.137. The van der Waals surface area contributed by atoms with Gasteiger partial charge in [0.2, 0.25) is 5.91 Å². The number of hydrogen-bond acceptors (Lipinski definition) is 4. The Bertz CT molecular complexity index is 747. The molecule has 1 aliphatic rings. The molecule has 1 fully saturated rings. The Hall–Kier alpha value is -1.64. The fraction of sp³-hybridized carbons (Fsp3) is 0.412. The third kappa shape index (κ3) is 6.26. The predicted molar refractivity (Wildman–Crippen MR) is 97.8 cm³/mol. The zero-order valence-electron chi connectivity index (χ0n) is 13.8. The molecule has 4 nitrogen and oxygen atoms in total. The lowest BCUT2D eigenvalue weighted by atomic mass is 10.1. The van der Waals surface area contributed by atoms with Crippen molar-refractivity contribution >= 4 is 34.8 Å². The number of anilines is 1. The summed E-state index contributed by atoms with van der Waals surface area (Å²) in [4.78, 5) is 16.7. The first kappa shape index (κ1) is 20.7. The topological polar surface area (TPSA) is 54.0 Å². The molecule has 0 aliphatic heterocycles. The molecule has 1 aliphatic carbocycles. The summed E-state index contributed by atoms with van der Waals surface area (Å²) in [6, 6.07) is 5.23. The number of rotatable bonds is 7. The number of nitrogens with one attached hydrogen (secondary N) is 2. The van der Waals surface area contributed by atoms with Gasteiger partial charge >= 0.3 is 6.18 Å². The average molecular weight is 406 g/mol. The van der Waals surface area contributed by atoms with E-state index in [-0.39, 0.29) is 24.9 Å². The van der Waals surface area contributed by atoms with Gasteiger partial charge in [0.15, 0.2) is 5.13 Å². The highest BCUT2D eigenvalue weighted by Gasteiger charge is 2.30. The lowest BCUT2D eigenvalue weighted by Gasteiger charge is -2.07. The molecule has 1 aromatic carbocycles. The standard InChI is InChI=1S/C17H18F3N3OS.ClH/c18-17(19,20)13-3-1-2-12(6-13)7-14-9-22-16(25-14)23-15(24)10-21-8-11-4-5-11;/h1-3,6,9,11,21H,4-5,7-8,10H2,(H,22,23,24);1H. The van der Waals surface area contributed by atoms with Crippen LogP contribution in [0.4, 0.5) is 18.3 Å². The van der Waals surface area contributed by atoms with E-state index in [9.17, 15) is 18.0 Å². The SMILES string of the molecule is Cl.O=C(CNCC1CC1)Nc1ncc(Cc2cccc(C(F)(F)F)c2)s1. The maximum atomic E-state index is 12.7. The van der Waals surface area contributed by atoms with Crippen LogP contribution in [0.15, 0.2) is 30.5 Å². The molecule has 2 N–H and O–H groups in total. The summed E-state index contributed by atoms with van der Waals surface area (Å²) in [5.41, 5.74) is -0.104. The fourth-order valence-corrected chi connectivity index (χ4v) is 3.24. The molecule has 0 unspecified atom stereocenters. The van der Waals surface area contributed by atoms with Crippen LogP contribution in [0.1, 0.15) is 28.8 Å². The van der Waals surface area contributed by atoms with Crippen molar-refractivity contribution in [2.24, 2.45) is 5.92 Å². The van der Waals surface area contributed by atoms with Gasteiger partial charge in [0.05, 0.1) is 12.1 Å². The van der Waals surface area contributed by atoms with Gasteiger partial charge in [0.25, 0.3) is 0 Å². The molecule has 3 rings (SSSR count). The molecular weight excluding hydrogens is 387 g/mol. The summed E-state index contributed by atoms with van der Waals surface area (Å²) in [6.07, 6.45) is 0.0197. The largest absolute Gasteiger partial charge is 0.416 e. The first-order chi connectivity index (χ1) is 11.9. The van der Waals surface area contributed by atoms with E-state index in [0.29, 0.717) is 23.0 Å². The molecule has 0 atom stereocenters. The maximum absolute atomic E-state index is 12.7. The molecule has 26 heavy (non-hydrogen) atoms. The Balaban J connectivity index is 0.00000243. The van der Waals surface area contributed by atoms with Gasteiger partial charge in [-0.2, -0.15) is 13.2 Å². The van der Waals surface area contributed by atoms with E-state index in [2.05, 4.69) is 15.6 Å². The summed E-state index contributed by atoms with van der Waals surface area (Å²) in [5, 5.41) is 6.25. The predicted octanol–water partition coefficient (Wildman–Crippen LogP) is 4.11. The number of nitrogens with zero attached hydrogens (tertiary/aromatic N) is 1. The van der Waals surface area contributed by atoms with E-state index < -0.39 is 11.7 Å². The average Bonchev–Trinajstić information content (AvgIpc) is 3.27. The number of amides is 1. The van der Waals surface area contributed by atoms with Crippen molar-refractivity contribution in [3.05, 3.63) is 46.5 Å². The van der Waals surface area contributed by atoms with E-state index in [0.717, 1.165) is 23.6 Å². The summed E-state index contributed by atoms with van der Waals surface area (Å²) >= 11 is 1.27. The van der Waals surface area contributed by atoms with Crippen LogP contribution in [0, 0.1) is 5.92 Å². The molecule has 0 spiro atoms. The van der Waals surface area contributed by atoms with Gasteiger partial charge in [-0.25, -0.2) is 4.98 Å². The van der Waals surface area contributed by atoms with Gasteiger partial charge in [0, 0.05) is 17.5 Å². The van der Waals surface area contributed by atoms with Crippen molar-refractivity contribution in [1.29, 1.82) is 0 Å². The molecule has 0 bridgehead atoms. The first-order valence-electron chi connectivity index (χ1n) is 8.01. The Morgan fingerprint density at radius 2 is 2.08 bits per heavy atom. The van der Waals surface area contributed by atoms with Crippen molar-refractivity contribution in [3.63, 3.8) is 0 Å². The van der Waals surface area contributed by atoms with Crippen LogP contribution in [0.5, 0.6) is 0 Å². The summed E-state index contributed by atoms with van der Waals surface area (Å²) in [6.45, 7) is 1.09. The second-order valence-corrected chi connectivity index (χ2v) is 7.24. The number of carbonyl (C=O) groups excluding carboxylic acids is 1. The van der Waals surface area contributed by atoms with Crippen LogP contribution in [0.25, 0.3) is 0 Å². The van der Waals surface area contributed by atoms with Crippen molar-refractivity contribution in [2.45, 2.75) is 25.4 Å². The van der Waals surface area contributed by atoms with Crippen LogP contribution in [0.3, 0.4) is 0 Å². The molecule has 9 heteroatoms. The van der Waals surface area contributed by atoms with Gasteiger partial charge in [-0.1, -0.05) is 18.2 Å². The number of aromatic nitrogens is 1. The number of benzene rings is 1. The van der Waals surface area contributed by atoms with Crippen LogP contribution in [0.2, 0.25) is 0 Å². The van der Waals surface area contributed by atoms with Gasteiger partial charge < -0.3 is 10.6 Å². The smallest absolute Gasteiger partial charge is 0.308 e. The molecular formula is C17H19ClF3N3OS.